The van der Waals surface area contributed by atoms with Crippen molar-refractivity contribution in [3.05, 3.63) is 58.7 Å². The van der Waals surface area contributed by atoms with Gasteiger partial charge in [-0.05, 0) is 92.9 Å². The minimum atomic E-state index is -3.34. The number of sulfonamides is 1. The number of hydrogen-bond donors (Lipinski definition) is 1. The number of rotatable bonds is 7. The highest BCUT2D eigenvalue weighted by Crippen LogP contribution is 2.63. The van der Waals surface area contributed by atoms with Crippen molar-refractivity contribution in [3.63, 3.8) is 0 Å². The van der Waals surface area contributed by atoms with E-state index in [0.29, 0.717) is 60.8 Å². The lowest BCUT2D eigenvalue weighted by atomic mass is 9.57. The van der Waals surface area contributed by atoms with Crippen LogP contribution in [-0.2, 0) is 26.0 Å². The van der Waals surface area contributed by atoms with Crippen LogP contribution in [0.2, 0.25) is 0 Å². The third kappa shape index (κ3) is 5.83. The fourth-order valence-corrected chi connectivity index (χ4v) is 12.0. The standard InChI is InChI=1S/C38H54N2O4S/c1-25-20-35-36(40(24-25)18-17-39-45(42,43)19-14-28-8-6-5-7-9-28)27(3)38(44-35)16-13-31-32-11-10-29-21-30(41)12-15-37(29,4)34(32)22-33(31)26(2)23-38/h5-10,25,27,31-32,34-36,39H,11-24H2,1-4H3/t25-,27+,31-,32-,34-,35+,36-,37-,38-/m0/s1. The molecule has 6 nitrogen and oxygen atoms in total. The quantitative estimate of drug-likeness (QED) is 0.348. The summed E-state index contributed by atoms with van der Waals surface area (Å²) in [5.74, 6) is 3.48. The van der Waals surface area contributed by atoms with E-state index in [1.54, 1.807) is 11.1 Å². The van der Waals surface area contributed by atoms with Gasteiger partial charge in [0, 0.05) is 44.4 Å². The van der Waals surface area contributed by atoms with Gasteiger partial charge >= 0.3 is 0 Å². The van der Waals surface area contributed by atoms with Gasteiger partial charge in [0.1, 0.15) is 5.78 Å². The predicted octanol–water partition coefficient (Wildman–Crippen LogP) is 6.47. The van der Waals surface area contributed by atoms with Crippen LogP contribution in [0.25, 0.3) is 0 Å². The van der Waals surface area contributed by atoms with E-state index in [4.69, 9.17) is 4.74 Å². The van der Waals surface area contributed by atoms with Gasteiger partial charge in [-0.25, -0.2) is 13.1 Å². The van der Waals surface area contributed by atoms with E-state index in [9.17, 15) is 13.2 Å². The second kappa shape index (κ2) is 12.0. The molecule has 4 fully saturated rings. The average Bonchev–Trinajstić information content (AvgIpc) is 3.47. The van der Waals surface area contributed by atoms with Gasteiger partial charge in [-0.1, -0.05) is 73.9 Å². The predicted molar refractivity (Wildman–Crippen MR) is 179 cm³/mol. The molecule has 4 aliphatic carbocycles. The van der Waals surface area contributed by atoms with E-state index >= 15 is 0 Å². The zero-order valence-electron chi connectivity index (χ0n) is 27.9. The number of benzene rings is 1. The molecule has 45 heavy (non-hydrogen) atoms. The van der Waals surface area contributed by atoms with Crippen molar-refractivity contribution in [2.75, 3.05) is 25.4 Å². The molecule has 0 radical (unpaired) electrons. The molecular weight excluding hydrogens is 580 g/mol. The van der Waals surface area contributed by atoms with Crippen LogP contribution in [0.15, 0.2) is 53.1 Å². The molecule has 1 N–H and O–H groups in total. The Morgan fingerprint density at radius 3 is 2.73 bits per heavy atom. The van der Waals surface area contributed by atoms with Crippen LogP contribution in [0.1, 0.15) is 91.0 Å². The summed E-state index contributed by atoms with van der Waals surface area (Å²) in [6.07, 6.45) is 12.4. The molecule has 1 spiro atoms. The van der Waals surface area contributed by atoms with Crippen molar-refractivity contribution in [1.29, 1.82) is 0 Å². The topological polar surface area (TPSA) is 75.7 Å². The number of carbonyl (C=O) groups is 1. The summed E-state index contributed by atoms with van der Waals surface area (Å²) in [5.41, 5.74) is 5.84. The zero-order chi connectivity index (χ0) is 31.6. The van der Waals surface area contributed by atoms with Crippen molar-refractivity contribution < 1.29 is 17.9 Å². The average molecular weight is 635 g/mol. The summed E-state index contributed by atoms with van der Waals surface area (Å²) < 4.78 is 35.9. The van der Waals surface area contributed by atoms with Gasteiger partial charge in [0.05, 0.1) is 17.5 Å². The summed E-state index contributed by atoms with van der Waals surface area (Å²) in [6, 6.07) is 10.2. The van der Waals surface area contributed by atoms with E-state index in [-0.39, 0.29) is 22.9 Å². The van der Waals surface area contributed by atoms with Crippen molar-refractivity contribution in [2.45, 2.75) is 110 Å². The second-order valence-electron chi connectivity index (χ2n) is 16.0. The van der Waals surface area contributed by atoms with Crippen molar-refractivity contribution in [2.24, 2.45) is 35.0 Å². The molecule has 9 atom stereocenters. The number of Topliss-reactive ketones (excluding diaryl/α,β-unsaturated/α-hetero) is 1. The van der Waals surface area contributed by atoms with Gasteiger partial charge in [-0.15, -0.1) is 0 Å². The molecule has 0 unspecified atom stereocenters. The number of hydrogen-bond acceptors (Lipinski definition) is 5. The minimum Gasteiger partial charge on any atom is -0.369 e. The van der Waals surface area contributed by atoms with Crippen molar-refractivity contribution in [3.8, 4) is 0 Å². The largest absolute Gasteiger partial charge is 0.369 e. The van der Waals surface area contributed by atoms with Crippen LogP contribution in [0.3, 0.4) is 0 Å². The number of nitrogens with zero attached hydrogens (tertiary/aromatic N) is 1. The lowest BCUT2D eigenvalue weighted by Gasteiger charge is -2.47. The lowest BCUT2D eigenvalue weighted by Crippen LogP contribution is -2.53. The smallest absolute Gasteiger partial charge is 0.211 e. The van der Waals surface area contributed by atoms with Gasteiger partial charge in [0.2, 0.25) is 10.0 Å². The molecule has 1 aromatic carbocycles. The molecule has 246 valence electrons. The van der Waals surface area contributed by atoms with E-state index in [0.717, 1.165) is 57.2 Å². The molecule has 7 heteroatoms. The Morgan fingerprint density at radius 2 is 1.93 bits per heavy atom. The molecule has 0 amide bonds. The monoisotopic (exact) mass is 634 g/mol. The first-order chi connectivity index (χ1) is 21.5. The van der Waals surface area contributed by atoms with Crippen LogP contribution in [0.5, 0.6) is 0 Å². The Labute approximate surface area is 271 Å². The van der Waals surface area contributed by atoms with E-state index in [1.165, 1.54) is 18.4 Å². The number of likely N-dealkylation sites (tertiary alicyclic amines) is 1. The molecule has 2 heterocycles. The lowest BCUT2D eigenvalue weighted by molar-refractivity contribution is -0.121. The summed E-state index contributed by atoms with van der Waals surface area (Å²) in [6.45, 7) is 11.8. The molecule has 2 aliphatic heterocycles. The molecule has 2 saturated heterocycles. The van der Waals surface area contributed by atoms with Crippen LogP contribution in [0.4, 0.5) is 0 Å². The maximum atomic E-state index is 12.8. The number of piperidine rings is 1. The fraction of sp³-hybridized carbons (Fsp3) is 0.711. The van der Waals surface area contributed by atoms with E-state index in [2.05, 4.69) is 43.4 Å². The summed E-state index contributed by atoms with van der Waals surface area (Å²) in [7, 11) is -3.34. The number of fused-ring (bicyclic) bond motifs is 6. The normalized spacial score (nSPS) is 40.0. The minimum absolute atomic E-state index is 0.118. The van der Waals surface area contributed by atoms with Crippen LogP contribution in [0, 0.1) is 35.0 Å². The van der Waals surface area contributed by atoms with Crippen molar-refractivity contribution in [1.82, 2.24) is 9.62 Å². The second-order valence-corrected chi connectivity index (χ2v) is 17.9. The maximum Gasteiger partial charge on any atom is 0.211 e. The number of nitrogens with one attached hydrogen (secondary N) is 1. The SMILES string of the molecule is CC1=C2C[C@H]3[C@@H](CC=C4CC(=O)CC[C@@]43C)[C@@H]2CC[C@@]2(C1)O[C@@H]1C[C@H](C)CN(CCNS(=O)(=O)CCc3ccccc3)[C@H]1[C@H]2C. The van der Waals surface area contributed by atoms with E-state index < -0.39 is 10.0 Å². The third-order valence-corrected chi connectivity index (χ3v) is 14.7. The molecule has 2 saturated carbocycles. The van der Waals surface area contributed by atoms with Crippen LogP contribution < -0.4 is 4.72 Å². The highest BCUT2D eigenvalue weighted by molar-refractivity contribution is 7.89. The Kier molecular flexibility index (Phi) is 8.49. The first-order valence-corrected chi connectivity index (χ1v) is 19.5. The number of carbonyl (C=O) groups excluding carboxylic acids is 1. The highest BCUT2D eigenvalue weighted by Gasteiger charge is 2.59. The molecular formula is C38H54N2O4S. The van der Waals surface area contributed by atoms with Crippen LogP contribution >= 0.6 is 0 Å². The Bertz CT molecular complexity index is 1470. The molecule has 7 rings (SSSR count). The van der Waals surface area contributed by atoms with Crippen LogP contribution in [-0.4, -0.2) is 62.2 Å². The zero-order valence-corrected chi connectivity index (χ0v) is 28.7. The fourth-order valence-electron chi connectivity index (χ4n) is 11.0. The number of ether oxygens (including phenoxy) is 1. The summed E-state index contributed by atoms with van der Waals surface area (Å²) in [4.78, 5) is 14.9. The first kappa shape index (κ1) is 31.8. The van der Waals surface area contributed by atoms with Gasteiger partial charge in [0.15, 0.2) is 0 Å². The Hall–Kier alpha value is -1.80. The summed E-state index contributed by atoms with van der Waals surface area (Å²) >= 11 is 0. The van der Waals surface area contributed by atoms with Gasteiger partial charge in [-0.3, -0.25) is 9.69 Å². The first-order valence-electron chi connectivity index (χ1n) is 17.8. The molecule has 6 aliphatic rings. The van der Waals surface area contributed by atoms with E-state index in [1.807, 2.05) is 30.3 Å². The van der Waals surface area contributed by atoms with Crippen molar-refractivity contribution >= 4 is 15.8 Å². The Morgan fingerprint density at radius 1 is 1.13 bits per heavy atom. The third-order valence-electron chi connectivity index (χ3n) is 13.3. The molecule has 0 aromatic heterocycles. The number of aryl methyl sites for hydroxylation is 1. The van der Waals surface area contributed by atoms with Gasteiger partial charge < -0.3 is 4.74 Å². The summed E-state index contributed by atoms with van der Waals surface area (Å²) in [5, 5.41) is 0. The maximum absolute atomic E-state index is 12.8. The van der Waals surface area contributed by atoms with Gasteiger partial charge in [-0.2, -0.15) is 0 Å². The van der Waals surface area contributed by atoms with Gasteiger partial charge in [0.25, 0.3) is 0 Å². The number of allylic oxidation sites excluding steroid dienone is 3. The Balaban J connectivity index is 1.03. The molecule has 0 bridgehead atoms. The molecule has 1 aromatic rings. The highest BCUT2D eigenvalue weighted by atomic mass is 32.2. The number of ketones is 1.